The van der Waals surface area contributed by atoms with E-state index < -0.39 is 17.7 Å². The molecule has 24 heavy (non-hydrogen) atoms. The SMILES string of the molecule is CNC(=O)Nc1cc(Nc2ncc(F)c(N)n2)c(F)cc1C1CC1. The van der Waals surface area contributed by atoms with Crippen LogP contribution in [0.25, 0.3) is 0 Å². The first-order valence-corrected chi connectivity index (χ1v) is 7.35. The molecule has 1 heterocycles. The molecule has 1 saturated carbocycles. The number of nitrogens with two attached hydrogens (primary N) is 1. The van der Waals surface area contributed by atoms with Gasteiger partial charge in [0.2, 0.25) is 5.95 Å². The van der Waals surface area contributed by atoms with Gasteiger partial charge in [-0.1, -0.05) is 0 Å². The van der Waals surface area contributed by atoms with Crippen LogP contribution >= 0.6 is 0 Å². The highest BCUT2D eigenvalue weighted by Crippen LogP contribution is 2.45. The summed E-state index contributed by atoms with van der Waals surface area (Å²) in [5, 5.41) is 7.77. The van der Waals surface area contributed by atoms with Gasteiger partial charge in [-0.2, -0.15) is 4.98 Å². The number of halogens is 2. The van der Waals surface area contributed by atoms with E-state index in [9.17, 15) is 13.6 Å². The van der Waals surface area contributed by atoms with E-state index in [4.69, 9.17) is 5.73 Å². The van der Waals surface area contributed by atoms with Gasteiger partial charge in [0.1, 0.15) is 5.82 Å². The lowest BCUT2D eigenvalue weighted by Gasteiger charge is -2.14. The highest BCUT2D eigenvalue weighted by molar-refractivity contribution is 5.91. The molecule has 1 aliphatic rings. The van der Waals surface area contributed by atoms with Crippen molar-refractivity contribution >= 4 is 29.2 Å². The minimum atomic E-state index is -0.757. The third-order valence-corrected chi connectivity index (χ3v) is 3.65. The summed E-state index contributed by atoms with van der Waals surface area (Å²) in [6.07, 6.45) is 2.79. The number of anilines is 4. The summed E-state index contributed by atoms with van der Waals surface area (Å²) < 4.78 is 27.5. The van der Waals surface area contributed by atoms with Gasteiger partial charge in [0, 0.05) is 12.7 Å². The van der Waals surface area contributed by atoms with E-state index in [1.54, 1.807) is 0 Å². The van der Waals surface area contributed by atoms with Crippen LogP contribution in [0.5, 0.6) is 0 Å². The zero-order valence-corrected chi connectivity index (χ0v) is 12.9. The van der Waals surface area contributed by atoms with Gasteiger partial charge in [0.15, 0.2) is 11.6 Å². The molecule has 9 heteroatoms. The van der Waals surface area contributed by atoms with Gasteiger partial charge >= 0.3 is 6.03 Å². The summed E-state index contributed by atoms with van der Waals surface area (Å²) in [6.45, 7) is 0. The maximum absolute atomic E-state index is 14.4. The lowest BCUT2D eigenvalue weighted by atomic mass is 10.1. The summed E-state index contributed by atoms with van der Waals surface area (Å²) in [5.74, 6) is -1.43. The summed E-state index contributed by atoms with van der Waals surface area (Å²) in [7, 11) is 1.49. The van der Waals surface area contributed by atoms with Gasteiger partial charge in [0.05, 0.1) is 11.9 Å². The van der Waals surface area contributed by atoms with Gasteiger partial charge in [-0.05, 0) is 36.5 Å². The quantitative estimate of drug-likeness (QED) is 0.688. The minimum absolute atomic E-state index is 0.0436. The molecule has 0 atom stereocenters. The van der Waals surface area contributed by atoms with Crippen LogP contribution in [0.15, 0.2) is 18.3 Å². The van der Waals surface area contributed by atoms with E-state index in [1.807, 2.05) is 0 Å². The Morgan fingerprint density at radius 3 is 2.62 bits per heavy atom. The standard InChI is InChI=1S/C15H16F2N6O/c1-19-15(24)22-11-5-12(9(16)4-8(11)7-2-3-7)21-14-20-6-10(17)13(18)23-14/h4-7H,2-3H2,1H3,(H2,19,22,24)(H3,18,20,21,23). The smallest absolute Gasteiger partial charge is 0.318 e. The number of nitrogens with one attached hydrogen (secondary N) is 3. The van der Waals surface area contributed by atoms with Crippen LogP contribution in [0.1, 0.15) is 24.3 Å². The van der Waals surface area contributed by atoms with E-state index in [2.05, 4.69) is 25.9 Å². The molecule has 0 radical (unpaired) electrons. The van der Waals surface area contributed by atoms with Crippen LogP contribution in [0, 0.1) is 11.6 Å². The molecular weight excluding hydrogens is 318 g/mol. The van der Waals surface area contributed by atoms with Gasteiger partial charge in [0.25, 0.3) is 0 Å². The Hall–Kier alpha value is -2.97. The molecule has 1 fully saturated rings. The third kappa shape index (κ3) is 3.34. The molecule has 0 aliphatic heterocycles. The first-order valence-electron chi connectivity index (χ1n) is 7.35. The summed E-state index contributed by atoms with van der Waals surface area (Å²) in [4.78, 5) is 19.0. The molecule has 1 aromatic carbocycles. The van der Waals surface area contributed by atoms with Crippen molar-refractivity contribution in [2.24, 2.45) is 0 Å². The Labute approximate surface area is 136 Å². The monoisotopic (exact) mass is 334 g/mol. The third-order valence-electron chi connectivity index (χ3n) is 3.65. The van der Waals surface area contributed by atoms with Crippen LogP contribution < -0.4 is 21.7 Å². The Bertz CT molecular complexity index is 794. The zero-order chi connectivity index (χ0) is 17.3. The number of amides is 2. The van der Waals surface area contributed by atoms with Crippen LogP contribution in [0.2, 0.25) is 0 Å². The molecule has 126 valence electrons. The van der Waals surface area contributed by atoms with Crippen molar-refractivity contribution in [2.75, 3.05) is 23.4 Å². The number of carbonyl (C=O) groups is 1. The number of nitrogens with zero attached hydrogens (tertiary/aromatic N) is 2. The second kappa shape index (κ2) is 6.26. The maximum atomic E-state index is 14.4. The molecule has 3 rings (SSSR count). The number of benzene rings is 1. The summed E-state index contributed by atoms with van der Waals surface area (Å²) >= 11 is 0. The van der Waals surface area contributed by atoms with E-state index in [0.29, 0.717) is 5.69 Å². The van der Waals surface area contributed by atoms with Crippen molar-refractivity contribution in [3.8, 4) is 0 Å². The van der Waals surface area contributed by atoms with Gasteiger partial charge in [-0.25, -0.2) is 18.6 Å². The summed E-state index contributed by atoms with van der Waals surface area (Å²) in [6, 6.07) is 2.43. The number of rotatable bonds is 4. The average Bonchev–Trinajstić information content (AvgIpc) is 3.38. The molecular formula is C15H16F2N6O. The van der Waals surface area contributed by atoms with E-state index >= 15 is 0 Å². The average molecular weight is 334 g/mol. The van der Waals surface area contributed by atoms with Crippen molar-refractivity contribution < 1.29 is 13.6 Å². The normalized spacial score (nSPS) is 13.5. The number of aromatic nitrogens is 2. The maximum Gasteiger partial charge on any atom is 0.318 e. The number of urea groups is 1. The molecule has 2 amide bonds. The lowest BCUT2D eigenvalue weighted by Crippen LogP contribution is -2.25. The summed E-state index contributed by atoms with van der Waals surface area (Å²) in [5.41, 5.74) is 6.66. The largest absolute Gasteiger partial charge is 0.381 e. The fraction of sp³-hybridized carbons (Fsp3) is 0.267. The van der Waals surface area contributed by atoms with Crippen molar-refractivity contribution in [3.05, 3.63) is 35.5 Å². The Balaban J connectivity index is 1.93. The number of nitrogen functional groups attached to an aromatic ring is 1. The van der Waals surface area contributed by atoms with Gasteiger partial charge < -0.3 is 21.7 Å². The number of hydrogen-bond acceptors (Lipinski definition) is 5. The molecule has 1 aromatic heterocycles. The fourth-order valence-corrected chi connectivity index (χ4v) is 2.27. The van der Waals surface area contributed by atoms with Crippen LogP contribution in [-0.4, -0.2) is 23.0 Å². The first kappa shape index (κ1) is 15.9. The van der Waals surface area contributed by atoms with Crippen LogP contribution in [0.3, 0.4) is 0 Å². The molecule has 0 spiro atoms. The van der Waals surface area contributed by atoms with Crippen molar-refractivity contribution in [1.29, 1.82) is 0 Å². The second-order valence-electron chi connectivity index (χ2n) is 5.45. The highest BCUT2D eigenvalue weighted by atomic mass is 19.1. The van der Waals surface area contributed by atoms with Crippen molar-refractivity contribution in [3.63, 3.8) is 0 Å². The Morgan fingerprint density at radius 1 is 1.25 bits per heavy atom. The molecule has 0 bridgehead atoms. The van der Waals surface area contributed by atoms with Gasteiger partial charge in [-0.15, -0.1) is 0 Å². The van der Waals surface area contributed by atoms with Crippen LogP contribution in [-0.2, 0) is 0 Å². The number of hydrogen-bond donors (Lipinski definition) is 4. The lowest BCUT2D eigenvalue weighted by molar-refractivity contribution is 0.254. The predicted molar refractivity (Wildman–Crippen MR) is 86.1 cm³/mol. The molecule has 0 saturated heterocycles. The number of carbonyl (C=O) groups excluding carboxylic acids is 1. The van der Waals surface area contributed by atoms with Crippen molar-refractivity contribution in [1.82, 2.24) is 15.3 Å². The molecule has 2 aromatic rings. The first-order chi connectivity index (χ1) is 11.5. The van der Waals surface area contributed by atoms with E-state index in [0.717, 1.165) is 24.6 Å². The Kier molecular flexibility index (Phi) is 4.15. The Morgan fingerprint density at radius 2 is 2.00 bits per heavy atom. The topological polar surface area (TPSA) is 105 Å². The molecule has 7 nitrogen and oxygen atoms in total. The van der Waals surface area contributed by atoms with E-state index in [-0.39, 0.29) is 23.4 Å². The second-order valence-corrected chi connectivity index (χ2v) is 5.45. The van der Waals surface area contributed by atoms with E-state index in [1.165, 1.54) is 19.2 Å². The van der Waals surface area contributed by atoms with Crippen LogP contribution in [0.4, 0.5) is 36.7 Å². The predicted octanol–water partition coefficient (Wildman–Crippen LogP) is 2.71. The molecule has 1 aliphatic carbocycles. The van der Waals surface area contributed by atoms with Gasteiger partial charge in [-0.3, -0.25) is 0 Å². The minimum Gasteiger partial charge on any atom is -0.381 e. The fourth-order valence-electron chi connectivity index (χ4n) is 2.27. The zero-order valence-electron chi connectivity index (χ0n) is 12.9. The molecule has 0 unspecified atom stereocenters. The highest BCUT2D eigenvalue weighted by Gasteiger charge is 2.28. The van der Waals surface area contributed by atoms with Crippen molar-refractivity contribution in [2.45, 2.75) is 18.8 Å². The molecule has 5 N–H and O–H groups in total.